The van der Waals surface area contributed by atoms with Crippen molar-refractivity contribution in [2.75, 3.05) is 59.5 Å². The van der Waals surface area contributed by atoms with E-state index >= 15 is 0 Å². The van der Waals surface area contributed by atoms with Crippen LogP contribution in [0.3, 0.4) is 0 Å². The molecule has 2 aromatic carbocycles. The number of hydrogen-bond acceptors (Lipinski definition) is 8. The first-order valence-corrected chi connectivity index (χ1v) is 12.5. The van der Waals surface area contributed by atoms with Crippen molar-refractivity contribution >= 4 is 0 Å². The highest BCUT2D eigenvalue weighted by molar-refractivity contribution is 5.41. The standard InChI is InChI=1S/C28H42O8/c1-4-24(30)20-35-26-9-5-22(6-10-26)28(2,3)23-7-11-27(12-8-23)36-21-25(31)19-34-18-17-33-16-15-32-14-13-29/h5-12,24-25,29-31H,4,13-21H2,1-3H3. The van der Waals surface area contributed by atoms with Gasteiger partial charge in [-0.1, -0.05) is 45.0 Å². The molecule has 0 bridgehead atoms. The number of ether oxygens (including phenoxy) is 5. The van der Waals surface area contributed by atoms with Crippen LogP contribution in [0.25, 0.3) is 0 Å². The lowest BCUT2D eigenvalue weighted by atomic mass is 9.78. The van der Waals surface area contributed by atoms with Crippen molar-refractivity contribution in [1.82, 2.24) is 0 Å². The number of hydrogen-bond donors (Lipinski definition) is 3. The van der Waals surface area contributed by atoms with Crippen LogP contribution in [0.5, 0.6) is 11.5 Å². The maximum atomic E-state index is 10.1. The van der Waals surface area contributed by atoms with E-state index in [0.717, 1.165) is 16.9 Å². The Morgan fingerprint density at radius 1 is 0.639 bits per heavy atom. The van der Waals surface area contributed by atoms with Crippen LogP contribution in [-0.2, 0) is 19.6 Å². The molecule has 0 saturated carbocycles. The summed E-state index contributed by atoms with van der Waals surface area (Å²) in [4.78, 5) is 0. The maximum absolute atomic E-state index is 10.1. The van der Waals surface area contributed by atoms with E-state index in [1.54, 1.807) is 0 Å². The molecule has 8 nitrogen and oxygen atoms in total. The first kappa shape index (κ1) is 30.0. The second-order valence-electron chi connectivity index (χ2n) is 9.03. The average molecular weight is 507 g/mol. The summed E-state index contributed by atoms with van der Waals surface area (Å²) in [5.74, 6) is 1.42. The van der Waals surface area contributed by atoms with Gasteiger partial charge in [0.1, 0.15) is 30.8 Å². The van der Waals surface area contributed by atoms with Gasteiger partial charge < -0.3 is 39.0 Å². The van der Waals surface area contributed by atoms with E-state index in [0.29, 0.717) is 51.8 Å². The van der Waals surface area contributed by atoms with Gasteiger partial charge in [0.2, 0.25) is 0 Å². The van der Waals surface area contributed by atoms with Gasteiger partial charge in [0.15, 0.2) is 0 Å². The third-order valence-corrected chi connectivity index (χ3v) is 5.80. The van der Waals surface area contributed by atoms with Crippen molar-refractivity contribution in [2.24, 2.45) is 0 Å². The summed E-state index contributed by atoms with van der Waals surface area (Å²) in [7, 11) is 0. The molecule has 0 aliphatic heterocycles. The Hall–Kier alpha value is -2.20. The average Bonchev–Trinajstić information content (AvgIpc) is 2.90. The van der Waals surface area contributed by atoms with Gasteiger partial charge >= 0.3 is 0 Å². The highest BCUT2D eigenvalue weighted by atomic mass is 16.6. The molecular weight excluding hydrogens is 464 g/mol. The first-order chi connectivity index (χ1) is 17.4. The summed E-state index contributed by atoms with van der Waals surface area (Å²) in [5, 5.41) is 28.4. The van der Waals surface area contributed by atoms with Crippen LogP contribution in [0.2, 0.25) is 0 Å². The predicted molar refractivity (Wildman–Crippen MR) is 138 cm³/mol. The van der Waals surface area contributed by atoms with Gasteiger partial charge in [-0.25, -0.2) is 0 Å². The topological polar surface area (TPSA) is 107 Å². The van der Waals surface area contributed by atoms with E-state index in [1.807, 2.05) is 55.5 Å². The molecule has 0 amide bonds. The molecule has 0 aromatic heterocycles. The molecule has 0 radical (unpaired) electrons. The van der Waals surface area contributed by atoms with Crippen LogP contribution in [0, 0.1) is 0 Å². The molecule has 2 unspecified atom stereocenters. The third-order valence-electron chi connectivity index (χ3n) is 5.80. The lowest BCUT2D eigenvalue weighted by Crippen LogP contribution is -2.24. The molecule has 0 aliphatic rings. The molecule has 2 atom stereocenters. The molecule has 0 heterocycles. The summed E-state index contributed by atoms with van der Waals surface area (Å²) in [6.07, 6.45) is -0.533. The number of rotatable bonds is 19. The van der Waals surface area contributed by atoms with Gasteiger partial charge in [-0.05, 0) is 41.8 Å². The van der Waals surface area contributed by atoms with Crippen molar-refractivity contribution in [3.8, 4) is 11.5 Å². The Balaban J connectivity index is 1.72. The SMILES string of the molecule is CCC(O)COc1ccc(C(C)(C)c2ccc(OCC(O)COCCOCCOCCO)cc2)cc1. The lowest BCUT2D eigenvalue weighted by molar-refractivity contribution is -0.0217. The number of aliphatic hydroxyl groups excluding tert-OH is 3. The van der Waals surface area contributed by atoms with Gasteiger partial charge in [0.25, 0.3) is 0 Å². The largest absolute Gasteiger partial charge is 0.491 e. The Labute approximate surface area is 214 Å². The second kappa shape index (κ2) is 16.5. The molecule has 2 aromatic rings. The van der Waals surface area contributed by atoms with E-state index in [4.69, 9.17) is 28.8 Å². The minimum absolute atomic E-state index is 0.00262. The Morgan fingerprint density at radius 3 is 1.56 bits per heavy atom. The van der Waals surface area contributed by atoms with Crippen LogP contribution in [-0.4, -0.2) is 87.0 Å². The van der Waals surface area contributed by atoms with Crippen molar-refractivity contribution in [1.29, 1.82) is 0 Å². The molecular formula is C28H42O8. The monoisotopic (exact) mass is 506 g/mol. The van der Waals surface area contributed by atoms with Gasteiger partial charge in [-0.2, -0.15) is 0 Å². The van der Waals surface area contributed by atoms with E-state index in [2.05, 4.69) is 13.8 Å². The number of benzene rings is 2. The van der Waals surface area contributed by atoms with Crippen molar-refractivity contribution in [3.05, 3.63) is 59.7 Å². The van der Waals surface area contributed by atoms with Gasteiger partial charge in [0.05, 0.1) is 52.4 Å². The Morgan fingerprint density at radius 2 is 1.08 bits per heavy atom. The summed E-state index contributed by atoms with van der Waals surface area (Å²) in [6, 6.07) is 15.8. The van der Waals surface area contributed by atoms with Gasteiger partial charge in [0, 0.05) is 5.41 Å². The fraction of sp³-hybridized carbons (Fsp3) is 0.571. The second-order valence-corrected chi connectivity index (χ2v) is 9.03. The normalized spacial score (nSPS) is 13.4. The molecule has 3 N–H and O–H groups in total. The zero-order valence-electron chi connectivity index (χ0n) is 21.7. The van der Waals surface area contributed by atoms with Crippen LogP contribution in [0.4, 0.5) is 0 Å². The molecule has 0 spiro atoms. The Kier molecular flexibility index (Phi) is 13.8. The molecule has 0 saturated heterocycles. The molecule has 202 valence electrons. The van der Waals surface area contributed by atoms with Crippen LogP contribution >= 0.6 is 0 Å². The third kappa shape index (κ3) is 10.8. The predicted octanol–water partition coefficient (Wildman–Crippen LogP) is 2.94. The van der Waals surface area contributed by atoms with Crippen LogP contribution < -0.4 is 9.47 Å². The smallest absolute Gasteiger partial charge is 0.119 e. The minimum atomic E-state index is -0.742. The lowest BCUT2D eigenvalue weighted by Gasteiger charge is -2.26. The van der Waals surface area contributed by atoms with Crippen LogP contribution in [0.15, 0.2) is 48.5 Å². The summed E-state index contributed by atoms with van der Waals surface area (Å²) < 4.78 is 27.2. The quantitative estimate of drug-likeness (QED) is 0.250. The van der Waals surface area contributed by atoms with E-state index in [9.17, 15) is 10.2 Å². The zero-order chi connectivity index (χ0) is 26.2. The van der Waals surface area contributed by atoms with Crippen molar-refractivity contribution in [3.63, 3.8) is 0 Å². The summed E-state index contributed by atoms with van der Waals surface area (Å²) in [6.45, 7) is 8.78. The molecule has 2 rings (SSSR count). The van der Waals surface area contributed by atoms with Crippen molar-refractivity contribution < 1.29 is 39.0 Å². The first-order valence-electron chi connectivity index (χ1n) is 12.5. The van der Waals surface area contributed by atoms with Crippen molar-refractivity contribution in [2.45, 2.75) is 44.8 Å². The highest BCUT2D eigenvalue weighted by Gasteiger charge is 2.23. The highest BCUT2D eigenvalue weighted by Crippen LogP contribution is 2.33. The fourth-order valence-corrected chi connectivity index (χ4v) is 3.38. The zero-order valence-corrected chi connectivity index (χ0v) is 21.7. The van der Waals surface area contributed by atoms with Gasteiger partial charge in [-0.15, -0.1) is 0 Å². The minimum Gasteiger partial charge on any atom is -0.491 e. The van der Waals surface area contributed by atoms with E-state index in [1.165, 1.54) is 0 Å². The maximum Gasteiger partial charge on any atom is 0.119 e. The fourth-order valence-electron chi connectivity index (χ4n) is 3.38. The van der Waals surface area contributed by atoms with Crippen LogP contribution in [0.1, 0.15) is 38.3 Å². The number of aliphatic hydroxyl groups is 3. The van der Waals surface area contributed by atoms with E-state index in [-0.39, 0.29) is 25.2 Å². The summed E-state index contributed by atoms with van der Waals surface area (Å²) in [5.41, 5.74) is 2.06. The van der Waals surface area contributed by atoms with Gasteiger partial charge in [-0.3, -0.25) is 0 Å². The Bertz CT molecular complexity index is 822. The molecule has 0 fully saturated rings. The van der Waals surface area contributed by atoms with E-state index < -0.39 is 12.2 Å². The summed E-state index contributed by atoms with van der Waals surface area (Å²) >= 11 is 0. The molecule has 0 aliphatic carbocycles. The molecule has 8 heteroatoms. The molecule has 36 heavy (non-hydrogen) atoms.